The summed E-state index contributed by atoms with van der Waals surface area (Å²) in [4.78, 5) is 14.9. The van der Waals surface area contributed by atoms with E-state index < -0.39 is 6.23 Å². The van der Waals surface area contributed by atoms with Crippen LogP contribution in [0.4, 0.5) is 0 Å². The summed E-state index contributed by atoms with van der Waals surface area (Å²) >= 11 is 0. The molecule has 4 heteroatoms. The van der Waals surface area contributed by atoms with Gasteiger partial charge in [0, 0.05) is 31.0 Å². The molecule has 2 bridgehead atoms. The van der Waals surface area contributed by atoms with Crippen LogP contribution in [0.5, 0.6) is 0 Å². The van der Waals surface area contributed by atoms with Crippen molar-refractivity contribution in [2.45, 2.75) is 38.2 Å². The van der Waals surface area contributed by atoms with Gasteiger partial charge in [0.05, 0.1) is 0 Å². The first kappa shape index (κ1) is 17.0. The number of carbonyl (C=O) groups is 1. The monoisotopic (exact) mass is 362 g/mol. The molecule has 2 saturated carbocycles. The van der Waals surface area contributed by atoms with Crippen LogP contribution in [-0.2, 0) is 17.9 Å². The normalized spacial score (nSPS) is 34.3. The van der Waals surface area contributed by atoms with E-state index in [1.54, 1.807) is 4.90 Å². The van der Waals surface area contributed by atoms with Gasteiger partial charge in [0.15, 0.2) is 0 Å². The lowest BCUT2D eigenvalue weighted by Gasteiger charge is -2.28. The highest BCUT2D eigenvalue weighted by molar-refractivity contribution is 5.83. The van der Waals surface area contributed by atoms with Crippen molar-refractivity contribution in [3.05, 3.63) is 71.8 Å². The van der Waals surface area contributed by atoms with E-state index in [0.29, 0.717) is 24.4 Å². The minimum absolute atomic E-state index is 0.0178. The van der Waals surface area contributed by atoms with Gasteiger partial charge in [-0.25, -0.2) is 0 Å². The summed E-state index contributed by atoms with van der Waals surface area (Å²) in [6.45, 7) is 1.34. The summed E-state index contributed by atoms with van der Waals surface area (Å²) in [5.41, 5.74) is 2.35. The molecule has 1 saturated heterocycles. The molecule has 1 aliphatic heterocycles. The van der Waals surface area contributed by atoms with Crippen molar-refractivity contribution in [2.24, 2.45) is 23.7 Å². The van der Waals surface area contributed by atoms with Crippen molar-refractivity contribution in [3.8, 4) is 0 Å². The van der Waals surface area contributed by atoms with Crippen LogP contribution < -0.4 is 5.32 Å². The second kappa shape index (κ2) is 6.77. The molecule has 2 N–H and O–H groups in total. The molecule has 2 aromatic rings. The smallest absolute Gasteiger partial charge is 0.228 e. The first-order chi connectivity index (χ1) is 13.2. The maximum absolute atomic E-state index is 13.1. The fraction of sp³-hybridized carbons (Fsp3) is 0.435. The quantitative estimate of drug-likeness (QED) is 0.860. The number of aliphatic hydroxyl groups excluding tert-OH is 1. The number of fused-ring (bicyclic) bond motifs is 5. The highest BCUT2D eigenvalue weighted by Gasteiger charge is 2.64. The topological polar surface area (TPSA) is 52.6 Å². The second-order valence-corrected chi connectivity index (χ2v) is 8.27. The molecule has 6 atom stereocenters. The molecule has 27 heavy (non-hydrogen) atoms. The molecule has 3 fully saturated rings. The Bertz CT molecular complexity index is 810. The standard InChI is InChI=1S/C23H26N2O2/c26-22-19-17-11-12-18(21(17)24-13-15-7-3-1-4-8-15)20(19)23(27)25(22)14-16-9-5-2-6-10-16/h1-10,17-22,24,26H,11-14H2/t17-,18-,19-,20-,21+,22+/m1/s1. The van der Waals surface area contributed by atoms with Gasteiger partial charge in [-0.15, -0.1) is 0 Å². The molecule has 5 rings (SSSR count). The number of nitrogens with one attached hydrogen (secondary N) is 1. The van der Waals surface area contributed by atoms with E-state index in [2.05, 4.69) is 29.6 Å². The third kappa shape index (κ3) is 2.79. The Labute approximate surface area is 160 Å². The van der Waals surface area contributed by atoms with Crippen LogP contribution in [0.25, 0.3) is 0 Å². The Morgan fingerprint density at radius 2 is 1.56 bits per heavy atom. The fourth-order valence-electron chi connectivity index (χ4n) is 5.82. The number of hydrogen-bond donors (Lipinski definition) is 2. The van der Waals surface area contributed by atoms with E-state index in [9.17, 15) is 9.90 Å². The predicted octanol–water partition coefficient (Wildman–Crippen LogP) is 2.78. The molecule has 140 valence electrons. The molecule has 0 aromatic heterocycles. The van der Waals surface area contributed by atoms with Gasteiger partial charge in [0.2, 0.25) is 5.91 Å². The van der Waals surface area contributed by atoms with Crippen LogP contribution >= 0.6 is 0 Å². The summed E-state index contributed by atoms with van der Waals surface area (Å²) in [6.07, 6.45) is 1.55. The maximum atomic E-state index is 13.1. The van der Waals surface area contributed by atoms with Crippen molar-refractivity contribution in [2.75, 3.05) is 0 Å². The maximum Gasteiger partial charge on any atom is 0.228 e. The molecule has 1 heterocycles. The van der Waals surface area contributed by atoms with E-state index in [0.717, 1.165) is 24.9 Å². The lowest BCUT2D eigenvalue weighted by atomic mass is 9.81. The summed E-state index contributed by atoms with van der Waals surface area (Å²) in [5, 5.41) is 14.7. The number of rotatable bonds is 5. The Balaban J connectivity index is 1.31. The van der Waals surface area contributed by atoms with Crippen molar-refractivity contribution in [1.82, 2.24) is 10.2 Å². The molecule has 1 amide bonds. The van der Waals surface area contributed by atoms with Gasteiger partial charge in [0.25, 0.3) is 0 Å². The number of carbonyl (C=O) groups excluding carboxylic acids is 1. The van der Waals surface area contributed by atoms with Crippen molar-refractivity contribution in [1.29, 1.82) is 0 Å². The lowest BCUT2D eigenvalue weighted by Crippen LogP contribution is -2.41. The number of amides is 1. The van der Waals surface area contributed by atoms with Gasteiger partial charge < -0.3 is 15.3 Å². The number of nitrogens with zero attached hydrogens (tertiary/aromatic N) is 1. The molecule has 2 aromatic carbocycles. The number of benzene rings is 2. The van der Waals surface area contributed by atoms with E-state index in [1.807, 2.05) is 36.4 Å². The zero-order valence-corrected chi connectivity index (χ0v) is 15.4. The van der Waals surface area contributed by atoms with E-state index >= 15 is 0 Å². The average molecular weight is 362 g/mol. The van der Waals surface area contributed by atoms with Gasteiger partial charge >= 0.3 is 0 Å². The lowest BCUT2D eigenvalue weighted by molar-refractivity contribution is -0.137. The highest BCUT2D eigenvalue weighted by Crippen LogP contribution is 2.57. The molecule has 3 aliphatic rings. The molecule has 0 unspecified atom stereocenters. The van der Waals surface area contributed by atoms with Gasteiger partial charge in [-0.1, -0.05) is 60.7 Å². The number of aliphatic hydroxyl groups is 1. The van der Waals surface area contributed by atoms with E-state index in [4.69, 9.17) is 0 Å². The van der Waals surface area contributed by atoms with E-state index in [-0.39, 0.29) is 17.7 Å². The van der Waals surface area contributed by atoms with Crippen LogP contribution in [-0.4, -0.2) is 28.2 Å². The van der Waals surface area contributed by atoms with Crippen molar-refractivity contribution < 1.29 is 9.90 Å². The van der Waals surface area contributed by atoms with Gasteiger partial charge in [-0.05, 0) is 35.8 Å². The van der Waals surface area contributed by atoms with Gasteiger partial charge in [-0.3, -0.25) is 4.79 Å². The summed E-state index contributed by atoms with van der Waals surface area (Å²) in [7, 11) is 0. The minimum Gasteiger partial charge on any atom is -0.373 e. The van der Waals surface area contributed by atoms with Gasteiger partial charge in [-0.2, -0.15) is 0 Å². The molecule has 0 radical (unpaired) electrons. The van der Waals surface area contributed by atoms with Crippen LogP contribution in [0.3, 0.4) is 0 Å². The summed E-state index contributed by atoms with van der Waals surface area (Å²) < 4.78 is 0. The second-order valence-electron chi connectivity index (χ2n) is 8.27. The van der Waals surface area contributed by atoms with E-state index in [1.165, 1.54) is 5.56 Å². The Kier molecular flexibility index (Phi) is 4.25. The average Bonchev–Trinajstić information content (AvgIpc) is 3.33. The zero-order valence-electron chi connectivity index (χ0n) is 15.4. The van der Waals surface area contributed by atoms with Crippen LogP contribution in [0, 0.1) is 23.7 Å². The Morgan fingerprint density at radius 1 is 0.926 bits per heavy atom. The zero-order chi connectivity index (χ0) is 18.4. The SMILES string of the molecule is O=C1[C@@H]2[C@H]3CC[C@@H]([C@@H]3NCc3ccccc3)[C@H]2[C@H](O)N1Cc1ccccc1. The van der Waals surface area contributed by atoms with Crippen LogP contribution in [0.15, 0.2) is 60.7 Å². The first-order valence-corrected chi connectivity index (χ1v) is 10.0. The molecular weight excluding hydrogens is 336 g/mol. The third-order valence-corrected chi connectivity index (χ3v) is 6.94. The Hall–Kier alpha value is -2.17. The number of likely N-dealkylation sites (tertiary alicyclic amines) is 1. The highest BCUT2D eigenvalue weighted by atomic mass is 16.3. The predicted molar refractivity (Wildman–Crippen MR) is 103 cm³/mol. The van der Waals surface area contributed by atoms with Crippen LogP contribution in [0.2, 0.25) is 0 Å². The van der Waals surface area contributed by atoms with Crippen LogP contribution in [0.1, 0.15) is 24.0 Å². The molecule has 2 aliphatic carbocycles. The van der Waals surface area contributed by atoms with Gasteiger partial charge in [0.1, 0.15) is 6.23 Å². The fourth-order valence-corrected chi connectivity index (χ4v) is 5.82. The Morgan fingerprint density at radius 3 is 2.22 bits per heavy atom. The summed E-state index contributed by atoms with van der Waals surface area (Å²) in [6, 6.07) is 20.7. The van der Waals surface area contributed by atoms with Crippen molar-refractivity contribution in [3.63, 3.8) is 0 Å². The van der Waals surface area contributed by atoms with Crippen molar-refractivity contribution >= 4 is 5.91 Å². The number of hydrogen-bond acceptors (Lipinski definition) is 3. The third-order valence-electron chi connectivity index (χ3n) is 6.94. The first-order valence-electron chi connectivity index (χ1n) is 10.0. The summed E-state index contributed by atoms with van der Waals surface area (Å²) in [5.74, 6) is 0.953. The molecule has 4 nitrogen and oxygen atoms in total. The minimum atomic E-state index is -0.654. The largest absolute Gasteiger partial charge is 0.373 e. The molecule has 0 spiro atoms. The molecular formula is C23H26N2O2.